The van der Waals surface area contributed by atoms with E-state index in [1.807, 2.05) is 24.3 Å². The number of aliphatic hydroxyl groups excluding tert-OH is 1. The first kappa shape index (κ1) is 14.6. The Labute approximate surface area is 121 Å². The zero-order valence-corrected chi connectivity index (χ0v) is 12.4. The number of amides is 1. The molecule has 0 saturated carbocycles. The van der Waals surface area contributed by atoms with Crippen LogP contribution in [0.1, 0.15) is 12.0 Å². The molecule has 1 aliphatic heterocycles. The quantitative estimate of drug-likeness (QED) is 0.821. The highest BCUT2D eigenvalue weighted by atomic mass is 79.9. The Morgan fingerprint density at radius 1 is 1.42 bits per heavy atom. The van der Waals surface area contributed by atoms with E-state index in [2.05, 4.69) is 15.9 Å². The molecular formula is C13H17BBrNO3. The molecular weight excluding hydrogens is 309 g/mol. The largest absolute Gasteiger partial charge is 0.432 e. The van der Waals surface area contributed by atoms with Crippen molar-refractivity contribution in [1.29, 1.82) is 0 Å². The molecule has 1 saturated heterocycles. The fourth-order valence-corrected chi connectivity index (χ4v) is 2.91. The van der Waals surface area contributed by atoms with Gasteiger partial charge in [-0.15, -0.1) is 0 Å². The number of rotatable bonds is 4. The predicted octanol–water partition coefficient (Wildman–Crippen LogP) is 1.31. The smallest absolute Gasteiger partial charge is 0.412 e. The zero-order chi connectivity index (χ0) is 14.0. The van der Waals surface area contributed by atoms with Gasteiger partial charge in [0.15, 0.2) is 0 Å². The fourth-order valence-electron chi connectivity index (χ4n) is 2.65. The third-order valence-corrected chi connectivity index (χ3v) is 4.09. The summed E-state index contributed by atoms with van der Waals surface area (Å²) in [5.41, 5.74) is 1.12. The maximum atomic E-state index is 12.0. The van der Waals surface area contributed by atoms with Crippen molar-refractivity contribution in [3.63, 3.8) is 0 Å². The van der Waals surface area contributed by atoms with Crippen molar-refractivity contribution in [1.82, 2.24) is 4.81 Å². The number of hydrogen-bond acceptors (Lipinski definition) is 3. The molecule has 102 valence electrons. The van der Waals surface area contributed by atoms with Crippen molar-refractivity contribution in [2.24, 2.45) is 5.92 Å². The Balaban J connectivity index is 2.13. The van der Waals surface area contributed by atoms with E-state index in [0.29, 0.717) is 12.8 Å². The van der Waals surface area contributed by atoms with Gasteiger partial charge in [0.2, 0.25) is 5.91 Å². The zero-order valence-electron chi connectivity index (χ0n) is 10.8. The number of carbonyl (C=O) groups is 1. The van der Waals surface area contributed by atoms with E-state index in [9.17, 15) is 14.9 Å². The van der Waals surface area contributed by atoms with Gasteiger partial charge in [-0.1, -0.05) is 28.1 Å². The molecule has 0 aromatic heterocycles. The summed E-state index contributed by atoms with van der Waals surface area (Å²) in [6.45, 7) is 1.44. The normalized spacial score (nSPS) is 22.9. The minimum atomic E-state index is -0.815. The highest BCUT2D eigenvalue weighted by molar-refractivity contribution is 9.10. The molecule has 1 aliphatic rings. The van der Waals surface area contributed by atoms with Crippen LogP contribution in [0.25, 0.3) is 0 Å². The first-order valence-electron chi connectivity index (χ1n) is 6.38. The van der Waals surface area contributed by atoms with Crippen LogP contribution in [-0.2, 0) is 11.2 Å². The first-order chi connectivity index (χ1) is 9.02. The van der Waals surface area contributed by atoms with Crippen molar-refractivity contribution in [2.45, 2.75) is 25.7 Å². The molecule has 1 fully saturated rings. The summed E-state index contributed by atoms with van der Waals surface area (Å²) in [7, 11) is -0.815. The lowest BCUT2D eigenvalue weighted by Gasteiger charge is -2.25. The molecule has 1 amide bonds. The summed E-state index contributed by atoms with van der Waals surface area (Å²) in [5, 5.41) is 19.0. The second-order valence-electron chi connectivity index (χ2n) is 4.98. The third kappa shape index (κ3) is 3.19. The Morgan fingerprint density at radius 2 is 2.05 bits per heavy atom. The minimum Gasteiger partial charge on any atom is -0.432 e. The van der Waals surface area contributed by atoms with Crippen molar-refractivity contribution in [3.05, 3.63) is 34.3 Å². The number of benzene rings is 1. The molecule has 0 radical (unpaired) electrons. The lowest BCUT2D eigenvalue weighted by Crippen LogP contribution is -2.45. The van der Waals surface area contributed by atoms with Crippen molar-refractivity contribution >= 4 is 28.9 Å². The van der Waals surface area contributed by atoms with Gasteiger partial charge in [-0.2, -0.15) is 0 Å². The summed E-state index contributed by atoms with van der Waals surface area (Å²) in [6, 6.07) is 7.87. The lowest BCUT2D eigenvalue weighted by atomic mass is 9.83. The number of aliphatic hydroxyl groups is 1. The van der Waals surface area contributed by atoms with Crippen LogP contribution in [0.15, 0.2) is 28.7 Å². The number of halogens is 1. The molecule has 1 aromatic rings. The van der Waals surface area contributed by atoms with Gasteiger partial charge in [0, 0.05) is 10.5 Å². The van der Waals surface area contributed by atoms with E-state index in [0.717, 1.165) is 10.0 Å². The molecule has 2 N–H and O–H groups in total. The van der Waals surface area contributed by atoms with Crippen LogP contribution >= 0.6 is 15.9 Å². The number of carbonyl (C=O) groups excluding carboxylic acids is 1. The van der Waals surface area contributed by atoms with E-state index >= 15 is 0 Å². The summed E-state index contributed by atoms with van der Waals surface area (Å²) < 4.78 is 1.01. The molecule has 1 aromatic carbocycles. The first-order valence-corrected chi connectivity index (χ1v) is 7.17. The standard InChI is InChI=1S/C13H17BBrNO3/c1-14(19)16-12(7-10(8-17)13(16)18)6-9-2-4-11(15)5-3-9/h2-5,10,12,17,19H,6-8H2,1H3/t10?,12-/m1/s1. The van der Waals surface area contributed by atoms with Crippen LogP contribution in [-0.4, -0.2) is 40.5 Å². The van der Waals surface area contributed by atoms with E-state index in [1.54, 1.807) is 6.82 Å². The fraction of sp³-hybridized carbons (Fsp3) is 0.462. The molecule has 0 bridgehead atoms. The van der Waals surface area contributed by atoms with Crippen LogP contribution in [0.4, 0.5) is 0 Å². The number of hydrogen-bond donors (Lipinski definition) is 2. The molecule has 2 rings (SSSR count). The summed E-state index contributed by atoms with van der Waals surface area (Å²) >= 11 is 3.39. The SMILES string of the molecule is CB(O)N1C(=O)C(CO)C[C@H]1Cc1ccc(Br)cc1. The van der Waals surface area contributed by atoms with Crippen LogP contribution in [0.2, 0.25) is 6.82 Å². The van der Waals surface area contributed by atoms with E-state index < -0.39 is 7.05 Å². The maximum absolute atomic E-state index is 12.0. The van der Waals surface area contributed by atoms with Crippen LogP contribution in [0.3, 0.4) is 0 Å². The molecule has 1 unspecified atom stereocenters. The molecule has 6 heteroatoms. The average Bonchev–Trinajstić information content (AvgIpc) is 2.68. The highest BCUT2D eigenvalue weighted by Crippen LogP contribution is 2.28. The summed E-state index contributed by atoms with van der Waals surface area (Å²) in [4.78, 5) is 13.5. The van der Waals surface area contributed by atoms with E-state index in [-0.39, 0.29) is 24.5 Å². The second kappa shape index (κ2) is 6.07. The van der Waals surface area contributed by atoms with Gasteiger partial charge in [-0.05, 0) is 37.4 Å². The minimum absolute atomic E-state index is 0.0502. The van der Waals surface area contributed by atoms with E-state index in [1.165, 1.54) is 4.81 Å². The van der Waals surface area contributed by atoms with E-state index in [4.69, 9.17) is 0 Å². The Hall–Kier alpha value is -0.845. The van der Waals surface area contributed by atoms with Gasteiger partial charge in [0.1, 0.15) is 0 Å². The molecule has 0 spiro atoms. The predicted molar refractivity (Wildman–Crippen MR) is 77.5 cm³/mol. The molecule has 2 atom stereocenters. The Kier molecular flexibility index (Phi) is 4.65. The molecule has 4 nitrogen and oxygen atoms in total. The van der Waals surface area contributed by atoms with Gasteiger partial charge in [0.05, 0.1) is 12.5 Å². The topological polar surface area (TPSA) is 60.8 Å². The molecule has 0 aliphatic carbocycles. The summed E-state index contributed by atoms with van der Waals surface area (Å²) in [6.07, 6.45) is 1.29. The Bertz CT molecular complexity index is 452. The number of nitrogens with zero attached hydrogens (tertiary/aromatic N) is 1. The van der Waals surface area contributed by atoms with Crippen LogP contribution in [0, 0.1) is 5.92 Å². The van der Waals surface area contributed by atoms with Gasteiger partial charge in [-0.3, -0.25) is 4.79 Å². The lowest BCUT2D eigenvalue weighted by molar-refractivity contribution is -0.129. The van der Waals surface area contributed by atoms with Gasteiger partial charge in [-0.25, -0.2) is 0 Å². The van der Waals surface area contributed by atoms with Gasteiger partial charge in [0.25, 0.3) is 0 Å². The van der Waals surface area contributed by atoms with Crippen molar-refractivity contribution < 1.29 is 14.9 Å². The molecule has 19 heavy (non-hydrogen) atoms. The maximum Gasteiger partial charge on any atom is 0.412 e. The molecule has 1 heterocycles. The van der Waals surface area contributed by atoms with Crippen LogP contribution < -0.4 is 0 Å². The summed E-state index contributed by atoms with van der Waals surface area (Å²) in [5.74, 6) is -0.533. The second-order valence-corrected chi connectivity index (χ2v) is 5.89. The average molecular weight is 326 g/mol. The Morgan fingerprint density at radius 3 is 2.58 bits per heavy atom. The van der Waals surface area contributed by atoms with Gasteiger partial charge < -0.3 is 14.9 Å². The van der Waals surface area contributed by atoms with Gasteiger partial charge >= 0.3 is 7.05 Å². The van der Waals surface area contributed by atoms with Crippen molar-refractivity contribution in [2.75, 3.05) is 6.61 Å². The monoisotopic (exact) mass is 325 g/mol. The van der Waals surface area contributed by atoms with Crippen LogP contribution in [0.5, 0.6) is 0 Å². The van der Waals surface area contributed by atoms with Crippen molar-refractivity contribution in [3.8, 4) is 0 Å². The third-order valence-electron chi connectivity index (χ3n) is 3.56. The highest BCUT2D eigenvalue weighted by Gasteiger charge is 2.42.